The molecule has 1 N–H and O–H groups in total. The first-order chi connectivity index (χ1) is 13.8. The maximum absolute atomic E-state index is 13.4. The smallest absolute Gasteiger partial charge is 0.269 e. The number of benzene rings is 1. The summed E-state index contributed by atoms with van der Waals surface area (Å²) in [7, 11) is 0. The number of pyridine rings is 2. The van der Waals surface area contributed by atoms with Crippen molar-refractivity contribution in [3.05, 3.63) is 80.2 Å². The van der Waals surface area contributed by atoms with Gasteiger partial charge in [-0.05, 0) is 50.2 Å². The van der Waals surface area contributed by atoms with Crippen LogP contribution < -0.4 is 11.1 Å². The fourth-order valence-electron chi connectivity index (χ4n) is 3.06. The van der Waals surface area contributed by atoms with Gasteiger partial charge in [0, 0.05) is 29.4 Å². The number of hydrogen-bond donors (Lipinski definition) is 1. The van der Waals surface area contributed by atoms with Crippen molar-refractivity contribution in [3.8, 4) is 22.5 Å². The summed E-state index contributed by atoms with van der Waals surface area (Å²) in [5, 5.41) is 0.0598. The molecule has 0 aliphatic rings. The van der Waals surface area contributed by atoms with Crippen molar-refractivity contribution in [2.75, 3.05) is 0 Å². The molecule has 0 aliphatic carbocycles. The topological polar surface area (TPSA) is 80.6 Å². The van der Waals surface area contributed by atoms with Crippen molar-refractivity contribution < 1.29 is 4.39 Å². The second-order valence-electron chi connectivity index (χ2n) is 6.87. The molecule has 146 valence electrons. The fraction of sp³-hybridized carbons (Fsp3) is 0.143. The van der Waals surface area contributed by atoms with Crippen LogP contribution in [0.3, 0.4) is 0 Å². The van der Waals surface area contributed by atoms with Crippen molar-refractivity contribution in [1.82, 2.24) is 19.5 Å². The molecule has 0 saturated heterocycles. The number of hydrogen-bond acceptors (Lipinski definition) is 4. The molecule has 0 bridgehead atoms. The molecule has 0 saturated carbocycles. The van der Waals surface area contributed by atoms with Crippen LogP contribution in [-0.4, -0.2) is 19.5 Å². The largest absolute Gasteiger partial charge is 0.311 e. The lowest BCUT2D eigenvalue weighted by molar-refractivity contribution is 0.579. The molecule has 0 spiro atoms. The van der Waals surface area contributed by atoms with Crippen LogP contribution in [0, 0.1) is 5.82 Å². The Morgan fingerprint density at radius 3 is 2.38 bits per heavy atom. The second kappa shape index (κ2) is 7.25. The SMILES string of the molecule is CC(C)n1cc(-c2nc3ccc(=O)[nH]c3nc2-c2ccc(F)cc2)cc(Cl)c1=O. The number of aromatic nitrogens is 4. The second-order valence-corrected chi connectivity index (χ2v) is 7.27. The van der Waals surface area contributed by atoms with Gasteiger partial charge in [0.25, 0.3) is 5.56 Å². The summed E-state index contributed by atoms with van der Waals surface area (Å²) < 4.78 is 15.0. The fourth-order valence-corrected chi connectivity index (χ4v) is 3.28. The number of nitrogens with zero attached hydrogens (tertiary/aromatic N) is 3. The molecule has 3 aromatic heterocycles. The maximum atomic E-state index is 13.4. The highest BCUT2D eigenvalue weighted by Gasteiger charge is 2.17. The normalized spacial score (nSPS) is 11.3. The van der Waals surface area contributed by atoms with Gasteiger partial charge in [-0.25, -0.2) is 14.4 Å². The summed E-state index contributed by atoms with van der Waals surface area (Å²) in [5.74, 6) is -0.381. The van der Waals surface area contributed by atoms with E-state index in [0.717, 1.165) is 0 Å². The van der Waals surface area contributed by atoms with E-state index in [2.05, 4.69) is 15.0 Å². The van der Waals surface area contributed by atoms with E-state index in [1.807, 2.05) is 13.8 Å². The van der Waals surface area contributed by atoms with E-state index in [4.69, 9.17) is 11.6 Å². The van der Waals surface area contributed by atoms with Crippen molar-refractivity contribution in [2.45, 2.75) is 19.9 Å². The molecule has 1 aromatic carbocycles. The molecule has 0 amide bonds. The van der Waals surface area contributed by atoms with Crippen molar-refractivity contribution >= 4 is 22.8 Å². The van der Waals surface area contributed by atoms with Gasteiger partial charge >= 0.3 is 0 Å². The molecule has 0 atom stereocenters. The summed E-state index contributed by atoms with van der Waals surface area (Å²) in [6.07, 6.45) is 1.67. The highest BCUT2D eigenvalue weighted by atomic mass is 35.5. The molecule has 0 unspecified atom stereocenters. The Balaban J connectivity index is 2.06. The number of fused-ring (bicyclic) bond motifs is 1. The van der Waals surface area contributed by atoms with Crippen molar-refractivity contribution in [1.29, 1.82) is 0 Å². The third-order valence-corrected chi connectivity index (χ3v) is 4.77. The highest BCUT2D eigenvalue weighted by Crippen LogP contribution is 2.31. The molecule has 0 radical (unpaired) electrons. The molecule has 29 heavy (non-hydrogen) atoms. The first-order valence-corrected chi connectivity index (χ1v) is 9.30. The van der Waals surface area contributed by atoms with Crippen molar-refractivity contribution in [3.63, 3.8) is 0 Å². The quantitative estimate of drug-likeness (QED) is 0.549. The minimum Gasteiger partial charge on any atom is -0.311 e. The predicted octanol–water partition coefficient (Wildman–Crippen LogP) is 4.19. The molecule has 4 rings (SSSR count). The van der Waals surface area contributed by atoms with E-state index >= 15 is 0 Å². The van der Waals surface area contributed by atoms with Gasteiger partial charge in [0.05, 0.1) is 11.4 Å². The Hall–Kier alpha value is -3.32. The lowest BCUT2D eigenvalue weighted by Crippen LogP contribution is -2.22. The Bertz CT molecular complexity index is 1340. The van der Waals surface area contributed by atoms with E-state index in [1.54, 1.807) is 24.4 Å². The van der Waals surface area contributed by atoms with Gasteiger partial charge in [-0.1, -0.05) is 11.6 Å². The Morgan fingerprint density at radius 2 is 1.69 bits per heavy atom. The lowest BCUT2D eigenvalue weighted by atomic mass is 10.0. The average molecular weight is 411 g/mol. The molecule has 3 heterocycles. The molecule has 0 aliphatic heterocycles. The number of halogens is 2. The standard InChI is InChI=1S/C21H16ClFN4O2/c1-11(2)27-10-13(9-15(22)21(27)29)19-18(12-3-5-14(23)6-4-12)26-20-16(24-19)7-8-17(28)25-20/h3-11H,1-2H3,(H,25,26,28). The third kappa shape index (κ3) is 3.56. The molecule has 0 fully saturated rings. The summed E-state index contributed by atoms with van der Waals surface area (Å²) in [4.78, 5) is 35.9. The Morgan fingerprint density at radius 1 is 1.00 bits per heavy atom. The average Bonchev–Trinajstić information content (AvgIpc) is 2.69. The number of H-pyrrole nitrogens is 1. The molecular weight excluding hydrogens is 395 g/mol. The number of aromatic amines is 1. The zero-order chi connectivity index (χ0) is 20.7. The van der Waals surface area contributed by atoms with Gasteiger partial charge < -0.3 is 9.55 Å². The summed E-state index contributed by atoms with van der Waals surface area (Å²) in [6, 6.07) is 10.2. The van der Waals surface area contributed by atoms with E-state index in [9.17, 15) is 14.0 Å². The van der Waals surface area contributed by atoms with Crippen LogP contribution in [0.4, 0.5) is 4.39 Å². The van der Waals surface area contributed by atoms with Crippen LogP contribution in [0.5, 0.6) is 0 Å². The zero-order valence-electron chi connectivity index (χ0n) is 15.6. The molecule has 4 aromatic rings. The van der Waals surface area contributed by atoms with E-state index in [0.29, 0.717) is 33.7 Å². The van der Waals surface area contributed by atoms with Crippen LogP contribution in [0.1, 0.15) is 19.9 Å². The number of rotatable bonds is 3. The summed E-state index contributed by atoms with van der Waals surface area (Å²) >= 11 is 6.19. The van der Waals surface area contributed by atoms with Gasteiger partial charge in [0.15, 0.2) is 5.65 Å². The summed E-state index contributed by atoms with van der Waals surface area (Å²) in [5.41, 5.74) is 2.28. The van der Waals surface area contributed by atoms with Crippen LogP contribution in [0.25, 0.3) is 33.7 Å². The van der Waals surface area contributed by atoms with Crippen molar-refractivity contribution in [2.24, 2.45) is 0 Å². The van der Waals surface area contributed by atoms with Crippen LogP contribution in [-0.2, 0) is 0 Å². The predicted molar refractivity (Wildman–Crippen MR) is 111 cm³/mol. The van der Waals surface area contributed by atoms with Gasteiger partial charge in [0.1, 0.15) is 16.4 Å². The minimum absolute atomic E-state index is 0.0598. The summed E-state index contributed by atoms with van der Waals surface area (Å²) in [6.45, 7) is 3.75. The monoisotopic (exact) mass is 410 g/mol. The first kappa shape index (κ1) is 19.0. The van der Waals surface area contributed by atoms with Gasteiger partial charge in [0.2, 0.25) is 5.56 Å². The Labute approximate surface area is 169 Å². The van der Waals surface area contributed by atoms with Gasteiger partial charge in [-0.2, -0.15) is 0 Å². The van der Waals surface area contributed by atoms with Gasteiger partial charge in [-0.3, -0.25) is 9.59 Å². The number of nitrogens with one attached hydrogen (secondary N) is 1. The minimum atomic E-state index is -0.381. The van der Waals surface area contributed by atoms with Crippen LogP contribution >= 0.6 is 11.6 Å². The van der Waals surface area contributed by atoms with E-state index in [1.165, 1.54) is 28.8 Å². The highest BCUT2D eigenvalue weighted by molar-refractivity contribution is 6.30. The van der Waals surface area contributed by atoms with Crippen LogP contribution in [0.2, 0.25) is 5.02 Å². The maximum Gasteiger partial charge on any atom is 0.269 e. The third-order valence-electron chi connectivity index (χ3n) is 4.50. The zero-order valence-corrected chi connectivity index (χ0v) is 16.4. The first-order valence-electron chi connectivity index (χ1n) is 8.92. The van der Waals surface area contributed by atoms with E-state index in [-0.39, 0.29) is 28.0 Å². The van der Waals surface area contributed by atoms with E-state index < -0.39 is 0 Å². The lowest BCUT2D eigenvalue weighted by Gasteiger charge is -2.15. The molecule has 6 nitrogen and oxygen atoms in total. The molecular formula is C21H16ClFN4O2. The molecule has 8 heteroatoms. The van der Waals surface area contributed by atoms with Crippen LogP contribution in [0.15, 0.2) is 58.3 Å². The van der Waals surface area contributed by atoms with Gasteiger partial charge in [-0.15, -0.1) is 0 Å². The Kier molecular flexibility index (Phi) is 4.76.